The molecule has 1 aromatic heterocycles. The highest BCUT2D eigenvalue weighted by Crippen LogP contribution is 2.25. The highest BCUT2D eigenvalue weighted by molar-refractivity contribution is 7.90. The van der Waals surface area contributed by atoms with Crippen LogP contribution in [0.15, 0.2) is 33.7 Å². The second-order valence-corrected chi connectivity index (χ2v) is 5.81. The van der Waals surface area contributed by atoms with Crippen LogP contribution in [0, 0.1) is 5.82 Å². The molecule has 8 heteroatoms. The van der Waals surface area contributed by atoms with Gasteiger partial charge in [-0.25, -0.2) is 17.6 Å². The molecule has 6 nitrogen and oxygen atoms in total. The number of aromatic nitrogens is 1. The van der Waals surface area contributed by atoms with E-state index in [9.17, 15) is 17.6 Å². The zero-order valence-corrected chi connectivity index (χ0v) is 10.4. The molecule has 0 aliphatic heterocycles. The molecule has 2 rings (SSSR count). The zero-order chi connectivity index (χ0) is 14.2. The van der Waals surface area contributed by atoms with Gasteiger partial charge in [-0.05, 0) is 18.2 Å². The maximum absolute atomic E-state index is 13.8. The highest BCUT2D eigenvalue weighted by atomic mass is 32.2. The van der Waals surface area contributed by atoms with Crippen molar-refractivity contribution in [3.8, 4) is 11.3 Å². The molecule has 100 valence electrons. The standard InChI is InChI=1S/C11H8FNO5S/c1-19(16,17)6-2-3-7(8(12)4-6)10-5-9(11(14)15)13-18-10/h2-5H,1H3,(H,14,15). The fourth-order valence-corrected chi connectivity index (χ4v) is 2.06. The minimum absolute atomic E-state index is 0.0626. The zero-order valence-electron chi connectivity index (χ0n) is 9.62. The van der Waals surface area contributed by atoms with Crippen LogP contribution in [0.25, 0.3) is 11.3 Å². The molecule has 0 aliphatic rings. The van der Waals surface area contributed by atoms with E-state index in [0.29, 0.717) is 0 Å². The monoisotopic (exact) mass is 285 g/mol. The lowest BCUT2D eigenvalue weighted by molar-refractivity contribution is 0.0686. The Hall–Kier alpha value is -2.22. The van der Waals surface area contributed by atoms with E-state index in [0.717, 1.165) is 18.4 Å². The van der Waals surface area contributed by atoms with Crippen LogP contribution in [0.2, 0.25) is 0 Å². The molecule has 0 amide bonds. The molecule has 0 unspecified atom stereocenters. The Balaban J connectivity index is 2.49. The molecule has 1 heterocycles. The molecule has 0 saturated heterocycles. The first-order chi connectivity index (χ1) is 8.79. The Bertz CT molecular complexity index is 750. The van der Waals surface area contributed by atoms with Crippen molar-refractivity contribution in [3.63, 3.8) is 0 Å². The quantitative estimate of drug-likeness (QED) is 0.919. The fraction of sp³-hybridized carbons (Fsp3) is 0.0909. The smallest absolute Gasteiger partial charge is 0.358 e. The molecule has 19 heavy (non-hydrogen) atoms. The van der Waals surface area contributed by atoms with Gasteiger partial charge in [-0.3, -0.25) is 0 Å². The van der Waals surface area contributed by atoms with E-state index in [1.165, 1.54) is 12.1 Å². The Morgan fingerprint density at radius 2 is 2.05 bits per heavy atom. The lowest BCUT2D eigenvalue weighted by atomic mass is 10.1. The summed E-state index contributed by atoms with van der Waals surface area (Å²) in [5.74, 6) is -2.23. The molecule has 2 aromatic rings. The number of hydrogen-bond donors (Lipinski definition) is 1. The van der Waals surface area contributed by atoms with Gasteiger partial charge in [-0.2, -0.15) is 0 Å². The maximum Gasteiger partial charge on any atom is 0.358 e. The van der Waals surface area contributed by atoms with Crippen LogP contribution in [0.3, 0.4) is 0 Å². The van der Waals surface area contributed by atoms with Gasteiger partial charge in [0.05, 0.1) is 10.5 Å². The second kappa shape index (κ2) is 4.47. The van der Waals surface area contributed by atoms with Crippen LogP contribution in [0.4, 0.5) is 4.39 Å². The average Bonchev–Trinajstić information content (AvgIpc) is 2.76. The predicted molar refractivity (Wildman–Crippen MR) is 62.0 cm³/mol. The van der Waals surface area contributed by atoms with E-state index in [2.05, 4.69) is 5.16 Å². The number of benzene rings is 1. The van der Waals surface area contributed by atoms with Crippen LogP contribution in [0.5, 0.6) is 0 Å². The van der Waals surface area contributed by atoms with Crippen LogP contribution < -0.4 is 0 Å². The first-order valence-electron chi connectivity index (χ1n) is 4.99. The second-order valence-electron chi connectivity index (χ2n) is 3.80. The number of hydrogen-bond acceptors (Lipinski definition) is 5. The Labute approximate surface area is 107 Å². The van der Waals surface area contributed by atoms with Crippen molar-refractivity contribution in [2.75, 3.05) is 6.26 Å². The Morgan fingerprint density at radius 1 is 1.37 bits per heavy atom. The van der Waals surface area contributed by atoms with E-state index in [-0.39, 0.29) is 21.9 Å². The minimum Gasteiger partial charge on any atom is -0.476 e. The molecule has 0 saturated carbocycles. The normalized spacial score (nSPS) is 11.5. The predicted octanol–water partition coefficient (Wildman–Crippen LogP) is 1.58. The topological polar surface area (TPSA) is 97.5 Å². The van der Waals surface area contributed by atoms with Crippen LogP contribution in [-0.2, 0) is 9.84 Å². The summed E-state index contributed by atoms with van der Waals surface area (Å²) in [5.41, 5.74) is -0.422. The summed E-state index contributed by atoms with van der Waals surface area (Å²) in [6, 6.07) is 4.29. The number of carbonyl (C=O) groups is 1. The number of carboxylic acids is 1. The van der Waals surface area contributed by atoms with Gasteiger partial charge in [0.25, 0.3) is 0 Å². The van der Waals surface area contributed by atoms with Crippen molar-refractivity contribution < 1.29 is 27.2 Å². The number of nitrogens with zero attached hydrogens (tertiary/aromatic N) is 1. The average molecular weight is 285 g/mol. The van der Waals surface area contributed by atoms with Crippen molar-refractivity contribution >= 4 is 15.8 Å². The molecular formula is C11H8FNO5S. The summed E-state index contributed by atoms with van der Waals surface area (Å²) in [5, 5.41) is 11.9. The summed E-state index contributed by atoms with van der Waals surface area (Å²) >= 11 is 0. The van der Waals surface area contributed by atoms with Gasteiger partial charge in [-0.1, -0.05) is 5.16 Å². The van der Waals surface area contributed by atoms with Gasteiger partial charge in [0.2, 0.25) is 0 Å². The Kier molecular flexibility index (Phi) is 3.11. The third-order valence-electron chi connectivity index (χ3n) is 2.36. The van der Waals surface area contributed by atoms with E-state index in [4.69, 9.17) is 9.63 Å². The lowest BCUT2D eigenvalue weighted by Crippen LogP contribution is -1.98. The molecule has 0 atom stereocenters. The van der Waals surface area contributed by atoms with Gasteiger partial charge >= 0.3 is 5.97 Å². The third-order valence-corrected chi connectivity index (χ3v) is 3.47. The van der Waals surface area contributed by atoms with Crippen molar-refractivity contribution in [2.45, 2.75) is 4.90 Å². The molecule has 0 bridgehead atoms. The summed E-state index contributed by atoms with van der Waals surface area (Å²) in [7, 11) is -3.51. The van der Waals surface area contributed by atoms with Crippen molar-refractivity contribution in [3.05, 3.63) is 35.8 Å². The van der Waals surface area contributed by atoms with Gasteiger partial charge < -0.3 is 9.63 Å². The fourth-order valence-electron chi connectivity index (χ4n) is 1.43. The van der Waals surface area contributed by atoms with E-state index >= 15 is 0 Å². The number of halogens is 1. The Morgan fingerprint density at radius 3 is 2.53 bits per heavy atom. The van der Waals surface area contributed by atoms with Crippen LogP contribution >= 0.6 is 0 Å². The van der Waals surface area contributed by atoms with E-state index < -0.39 is 21.6 Å². The van der Waals surface area contributed by atoms with Crippen molar-refractivity contribution in [1.82, 2.24) is 5.16 Å². The maximum atomic E-state index is 13.8. The van der Waals surface area contributed by atoms with E-state index in [1.807, 2.05) is 0 Å². The SMILES string of the molecule is CS(=O)(=O)c1ccc(-c2cc(C(=O)O)no2)c(F)c1. The highest BCUT2D eigenvalue weighted by Gasteiger charge is 2.17. The molecule has 0 fully saturated rings. The first-order valence-corrected chi connectivity index (χ1v) is 6.88. The van der Waals surface area contributed by atoms with E-state index in [1.54, 1.807) is 0 Å². The first kappa shape index (κ1) is 13.2. The molecule has 0 spiro atoms. The molecular weight excluding hydrogens is 277 g/mol. The number of aromatic carboxylic acids is 1. The third kappa shape index (κ3) is 2.63. The van der Waals surface area contributed by atoms with Crippen LogP contribution in [-0.4, -0.2) is 30.9 Å². The minimum atomic E-state index is -3.51. The number of carboxylic acid groups (broad SMARTS) is 1. The summed E-state index contributed by atoms with van der Waals surface area (Å²) in [4.78, 5) is 10.4. The number of sulfone groups is 1. The van der Waals surface area contributed by atoms with Gasteiger partial charge in [0, 0.05) is 12.3 Å². The molecule has 1 aromatic carbocycles. The summed E-state index contributed by atoms with van der Waals surface area (Å²) < 4.78 is 41.0. The summed E-state index contributed by atoms with van der Waals surface area (Å²) in [6.45, 7) is 0. The molecule has 1 N–H and O–H groups in total. The lowest BCUT2D eigenvalue weighted by Gasteiger charge is -2.01. The van der Waals surface area contributed by atoms with Gasteiger partial charge in [-0.15, -0.1) is 0 Å². The van der Waals surface area contributed by atoms with Crippen molar-refractivity contribution in [1.29, 1.82) is 0 Å². The van der Waals surface area contributed by atoms with Gasteiger partial charge in [0.15, 0.2) is 21.3 Å². The summed E-state index contributed by atoms with van der Waals surface area (Å²) in [6.07, 6.45) is 0.957. The molecule has 0 radical (unpaired) electrons. The van der Waals surface area contributed by atoms with Crippen LogP contribution in [0.1, 0.15) is 10.5 Å². The van der Waals surface area contributed by atoms with Crippen molar-refractivity contribution in [2.24, 2.45) is 0 Å². The van der Waals surface area contributed by atoms with Gasteiger partial charge in [0.1, 0.15) is 5.82 Å². The largest absolute Gasteiger partial charge is 0.476 e. The number of rotatable bonds is 3. The molecule has 0 aliphatic carbocycles.